The predicted molar refractivity (Wildman–Crippen MR) is 84.8 cm³/mol. The minimum atomic E-state index is -2.07. The Bertz CT molecular complexity index is 834. The van der Waals surface area contributed by atoms with Crippen molar-refractivity contribution in [2.45, 2.75) is 4.90 Å². The number of anilines is 1. The van der Waals surface area contributed by atoms with Crippen molar-refractivity contribution in [1.82, 2.24) is 4.98 Å². The minimum absolute atomic E-state index is 0.192. The van der Waals surface area contributed by atoms with E-state index in [2.05, 4.69) is 10.3 Å². The van der Waals surface area contributed by atoms with Crippen LogP contribution in [0.15, 0.2) is 59.3 Å². The van der Waals surface area contributed by atoms with Crippen molar-refractivity contribution in [3.8, 4) is 0 Å². The van der Waals surface area contributed by atoms with Crippen LogP contribution in [-0.2, 0) is 15.8 Å². The number of pyridine rings is 1. The van der Waals surface area contributed by atoms with Crippen molar-refractivity contribution in [3.63, 3.8) is 0 Å². The highest BCUT2D eigenvalue weighted by Crippen LogP contribution is 2.37. The first-order chi connectivity index (χ1) is 10.9. The summed E-state index contributed by atoms with van der Waals surface area (Å²) in [7, 11) is -1.01. The van der Waals surface area contributed by atoms with Crippen molar-refractivity contribution < 1.29 is 18.2 Å². The van der Waals surface area contributed by atoms with Crippen LogP contribution in [0.3, 0.4) is 0 Å². The second kappa shape index (κ2) is 5.58. The summed E-state index contributed by atoms with van der Waals surface area (Å²) in [6.07, 6.45) is 1.48. The van der Waals surface area contributed by atoms with Crippen LogP contribution in [0.4, 0.5) is 5.82 Å². The number of hydrogen-bond acceptors (Lipinski definition) is 5. The number of fused-ring (bicyclic) bond motifs is 1. The summed E-state index contributed by atoms with van der Waals surface area (Å²) < 4.78 is 11.0. The fourth-order valence-electron chi connectivity index (χ4n) is 2.31. The number of nitrogens with zero attached hydrogens (tertiary/aromatic N) is 2. The molecule has 118 valence electrons. The topological polar surface area (TPSA) is 102 Å². The predicted octanol–water partition coefficient (Wildman–Crippen LogP) is 1.93. The first-order valence-electron chi connectivity index (χ1n) is 6.68. The standard InChI is InChI=1S/C15H13N3O4S/c1-18(21)13(15(20)17-12-8-4-5-9-16-12)14(19)10-6-2-3-7-11(10)23(18)22/h2-9,19H,1H3,(H,16,17,20). The van der Waals surface area contributed by atoms with Gasteiger partial charge in [0, 0.05) is 11.8 Å². The second-order valence-corrected chi connectivity index (χ2v) is 6.59. The number of hydrogen-bond donors (Lipinski definition) is 2. The lowest BCUT2D eigenvalue weighted by molar-refractivity contribution is -0.675. The number of rotatable bonds is 2. The molecule has 1 aliphatic rings. The van der Waals surface area contributed by atoms with Gasteiger partial charge in [-0.3, -0.25) is 4.79 Å². The van der Waals surface area contributed by atoms with Gasteiger partial charge in [0.2, 0.25) is 11.0 Å². The number of likely N-dealkylation sites (N-methyl/N-ethyl adjacent to an activating group) is 1. The molecule has 2 heterocycles. The zero-order chi connectivity index (χ0) is 16.6. The Morgan fingerprint density at radius 3 is 2.65 bits per heavy atom. The number of nitrogens with one attached hydrogen (secondary N) is 1. The van der Waals surface area contributed by atoms with Crippen LogP contribution in [0.1, 0.15) is 5.56 Å². The van der Waals surface area contributed by atoms with E-state index >= 15 is 0 Å². The number of quaternary nitrogens is 1. The first-order valence-corrected chi connectivity index (χ1v) is 7.79. The van der Waals surface area contributed by atoms with Crippen LogP contribution in [-0.4, -0.2) is 31.3 Å². The van der Waals surface area contributed by atoms with Crippen molar-refractivity contribution in [2.24, 2.45) is 0 Å². The molecule has 1 aromatic carbocycles. The average Bonchev–Trinajstić information content (AvgIpc) is 2.54. The molecule has 0 radical (unpaired) electrons. The van der Waals surface area contributed by atoms with Crippen LogP contribution < -0.4 is 5.32 Å². The maximum atomic E-state index is 12.7. The number of aromatic nitrogens is 1. The van der Waals surface area contributed by atoms with Gasteiger partial charge in [0.1, 0.15) is 10.7 Å². The van der Waals surface area contributed by atoms with E-state index in [1.54, 1.807) is 30.3 Å². The molecule has 0 saturated heterocycles. The summed E-state index contributed by atoms with van der Waals surface area (Å²) in [5.74, 6) is -1.10. The van der Waals surface area contributed by atoms with E-state index in [0.717, 1.165) is 7.05 Å². The van der Waals surface area contributed by atoms with Gasteiger partial charge in [-0.25, -0.2) is 9.04 Å². The maximum Gasteiger partial charge on any atom is 0.316 e. The Kier molecular flexibility index (Phi) is 3.72. The zero-order valence-corrected chi connectivity index (χ0v) is 12.9. The highest BCUT2D eigenvalue weighted by Gasteiger charge is 2.42. The molecule has 1 aliphatic heterocycles. The van der Waals surface area contributed by atoms with Crippen molar-refractivity contribution in [1.29, 1.82) is 0 Å². The maximum absolute atomic E-state index is 12.7. The third-order valence-corrected chi connectivity index (χ3v) is 4.95. The summed E-state index contributed by atoms with van der Waals surface area (Å²) in [5, 5.41) is 25.5. The minimum Gasteiger partial charge on any atom is -0.613 e. The van der Waals surface area contributed by atoms with Gasteiger partial charge in [-0.1, -0.05) is 18.2 Å². The highest BCUT2D eigenvalue weighted by molar-refractivity contribution is 7.79. The van der Waals surface area contributed by atoms with E-state index in [1.165, 1.54) is 18.3 Å². The Morgan fingerprint density at radius 2 is 1.96 bits per heavy atom. The van der Waals surface area contributed by atoms with Crippen LogP contribution >= 0.6 is 0 Å². The van der Waals surface area contributed by atoms with Crippen molar-refractivity contribution in [2.75, 3.05) is 12.4 Å². The molecule has 2 N–H and O–H groups in total. The monoisotopic (exact) mass is 331 g/mol. The Labute approximate surface area is 134 Å². The van der Waals surface area contributed by atoms with Crippen LogP contribution in [0, 0.1) is 5.21 Å². The summed E-state index contributed by atoms with van der Waals surface area (Å²) in [6, 6.07) is 11.1. The molecule has 0 saturated carbocycles. The third-order valence-electron chi connectivity index (χ3n) is 3.40. The summed E-state index contributed by atoms with van der Waals surface area (Å²) in [5.41, 5.74) is -0.309. The Balaban J connectivity index is 2.09. The SMILES string of the molecule is C[N+]1([O-])C(C(=O)Nc2ccccn2)=C(O)c2ccccc2S1=O. The number of aliphatic hydroxyl groups is 1. The van der Waals surface area contributed by atoms with Gasteiger partial charge in [-0.2, -0.15) is 4.21 Å². The molecule has 0 bridgehead atoms. The normalized spacial score (nSPS) is 23.3. The average molecular weight is 331 g/mol. The molecule has 1 amide bonds. The Hall–Kier alpha value is -2.55. The highest BCUT2D eigenvalue weighted by atomic mass is 32.2. The number of hydroxylamine groups is 2. The number of aliphatic hydroxyl groups excluding tert-OH is 1. The van der Waals surface area contributed by atoms with Crippen LogP contribution in [0.5, 0.6) is 0 Å². The van der Waals surface area contributed by atoms with Gasteiger partial charge in [0.05, 0.1) is 7.05 Å². The van der Waals surface area contributed by atoms with E-state index in [9.17, 15) is 19.3 Å². The lowest BCUT2D eigenvalue weighted by Gasteiger charge is -2.39. The number of benzene rings is 1. The lowest BCUT2D eigenvalue weighted by Crippen LogP contribution is -2.46. The molecule has 0 aliphatic carbocycles. The Morgan fingerprint density at radius 1 is 1.26 bits per heavy atom. The third kappa shape index (κ3) is 2.52. The number of amides is 1. The first kappa shape index (κ1) is 15.3. The largest absolute Gasteiger partial charge is 0.613 e. The molecule has 1 aromatic heterocycles. The molecule has 0 spiro atoms. The van der Waals surface area contributed by atoms with Gasteiger partial charge in [-0.05, 0) is 24.3 Å². The lowest BCUT2D eigenvalue weighted by atomic mass is 10.1. The van der Waals surface area contributed by atoms with Gasteiger partial charge in [0.25, 0.3) is 5.70 Å². The molecule has 2 unspecified atom stereocenters. The molecule has 2 atom stereocenters. The quantitative estimate of drug-likeness (QED) is 0.646. The van der Waals surface area contributed by atoms with Crippen LogP contribution in [0.2, 0.25) is 0 Å². The fraction of sp³-hybridized carbons (Fsp3) is 0.0667. The molecule has 8 heteroatoms. The molecular formula is C15H13N3O4S. The van der Waals surface area contributed by atoms with Crippen molar-refractivity contribution >= 4 is 28.5 Å². The summed E-state index contributed by atoms with van der Waals surface area (Å²) in [6.45, 7) is 0. The summed E-state index contributed by atoms with van der Waals surface area (Å²) >= 11 is 0. The molecule has 0 fully saturated rings. The molecule has 23 heavy (non-hydrogen) atoms. The molecule has 3 rings (SSSR count). The van der Waals surface area contributed by atoms with E-state index in [0.29, 0.717) is 0 Å². The van der Waals surface area contributed by atoms with E-state index in [4.69, 9.17) is 0 Å². The number of carbonyl (C=O) groups excluding carboxylic acids is 1. The molecular weight excluding hydrogens is 318 g/mol. The van der Waals surface area contributed by atoms with E-state index < -0.39 is 32.4 Å². The molecule has 2 aromatic rings. The van der Waals surface area contributed by atoms with Gasteiger partial charge in [0.15, 0.2) is 5.76 Å². The van der Waals surface area contributed by atoms with Gasteiger partial charge >= 0.3 is 5.91 Å². The van der Waals surface area contributed by atoms with Crippen molar-refractivity contribution in [3.05, 3.63) is 65.1 Å². The number of carbonyl (C=O) groups is 1. The van der Waals surface area contributed by atoms with Gasteiger partial charge in [-0.15, -0.1) is 0 Å². The van der Waals surface area contributed by atoms with E-state index in [-0.39, 0.29) is 16.3 Å². The second-order valence-electron chi connectivity index (χ2n) is 4.96. The van der Waals surface area contributed by atoms with Gasteiger partial charge < -0.3 is 15.6 Å². The summed E-state index contributed by atoms with van der Waals surface area (Å²) in [4.78, 5) is 16.6. The smallest absolute Gasteiger partial charge is 0.316 e. The fourth-order valence-corrected chi connectivity index (χ4v) is 3.57. The van der Waals surface area contributed by atoms with Crippen LogP contribution in [0.25, 0.3) is 5.76 Å². The van der Waals surface area contributed by atoms with E-state index in [1.807, 2.05) is 0 Å². The molecule has 7 nitrogen and oxygen atoms in total. The zero-order valence-electron chi connectivity index (χ0n) is 12.1.